The van der Waals surface area contributed by atoms with Crippen LogP contribution in [0.5, 0.6) is 0 Å². The monoisotopic (exact) mass is 182 g/mol. The molecule has 1 aliphatic heterocycles. The van der Waals surface area contributed by atoms with Crippen molar-refractivity contribution in [2.45, 2.75) is 18.9 Å². The molecule has 1 aliphatic rings. The summed E-state index contributed by atoms with van der Waals surface area (Å²) in [6, 6.07) is 1.35. The SMILES string of the molecule is Nc1cnc(F)cc1C1CCCO1. The second-order valence-electron chi connectivity index (χ2n) is 3.14. The van der Waals surface area contributed by atoms with E-state index in [0.29, 0.717) is 5.69 Å². The molecule has 13 heavy (non-hydrogen) atoms. The van der Waals surface area contributed by atoms with Crippen LogP contribution in [0.2, 0.25) is 0 Å². The molecule has 1 atom stereocenters. The van der Waals surface area contributed by atoms with Gasteiger partial charge in [0, 0.05) is 18.2 Å². The quantitative estimate of drug-likeness (QED) is 0.672. The smallest absolute Gasteiger partial charge is 0.213 e. The van der Waals surface area contributed by atoms with E-state index in [0.717, 1.165) is 25.0 Å². The number of aromatic nitrogens is 1. The van der Waals surface area contributed by atoms with Crippen molar-refractivity contribution in [3.05, 3.63) is 23.8 Å². The van der Waals surface area contributed by atoms with Gasteiger partial charge >= 0.3 is 0 Å². The average Bonchev–Trinajstić information content (AvgIpc) is 2.61. The van der Waals surface area contributed by atoms with Gasteiger partial charge in [0.1, 0.15) is 0 Å². The molecule has 0 saturated carbocycles. The number of ether oxygens (including phenoxy) is 1. The van der Waals surface area contributed by atoms with E-state index in [4.69, 9.17) is 10.5 Å². The zero-order valence-corrected chi connectivity index (χ0v) is 7.16. The number of hydrogen-bond donors (Lipinski definition) is 1. The predicted octanol–water partition coefficient (Wildman–Crippen LogP) is 1.65. The number of anilines is 1. The Bertz CT molecular complexity index is 310. The number of hydrogen-bond acceptors (Lipinski definition) is 3. The van der Waals surface area contributed by atoms with Gasteiger partial charge < -0.3 is 10.5 Å². The highest BCUT2D eigenvalue weighted by Gasteiger charge is 2.20. The van der Waals surface area contributed by atoms with Crippen molar-refractivity contribution in [2.75, 3.05) is 12.3 Å². The number of nitrogens with zero attached hydrogens (tertiary/aromatic N) is 1. The summed E-state index contributed by atoms with van der Waals surface area (Å²) < 4.78 is 18.2. The molecule has 0 aliphatic carbocycles. The lowest BCUT2D eigenvalue weighted by molar-refractivity contribution is 0.112. The van der Waals surface area contributed by atoms with Crippen LogP contribution in [-0.4, -0.2) is 11.6 Å². The molecule has 1 aromatic rings. The normalized spacial score (nSPS) is 22.1. The van der Waals surface area contributed by atoms with Crippen LogP contribution in [0, 0.1) is 5.95 Å². The summed E-state index contributed by atoms with van der Waals surface area (Å²) in [5, 5.41) is 0. The van der Waals surface area contributed by atoms with E-state index in [9.17, 15) is 4.39 Å². The van der Waals surface area contributed by atoms with E-state index in [1.165, 1.54) is 12.3 Å². The minimum Gasteiger partial charge on any atom is -0.397 e. The maximum absolute atomic E-state index is 12.8. The van der Waals surface area contributed by atoms with E-state index in [-0.39, 0.29) is 6.10 Å². The van der Waals surface area contributed by atoms with Crippen LogP contribution in [0.3, 0.4) is 0 Å². The maximum atomic E-state index is 12.8. The van der Waals surface area contributed by atoms with Crippen molar-refractivity contribution in [1.29, 1.82) is 0 Å². The molecule has 0 amide bonds. The fourth-order valence-corrected chi connectivity index (χ4v) is 1.56. The van der Waals surface area contributed by atoms with Crippen molar-refractivity contribution in [3.63, 3.8) is 0 Å². The van der Waals surface area contributed by atoms with Crippen molar-refractivity contribution < 1.29 is 9.13 Å². The first-order valence-corrected chi connectivity index (χ1v) is 4.30. The van der Waals surface area contributed by atoms with Crippen LogP contribution in [-0.2, 0) is 4.74 Å². The minimum atomic E-state index is -0.500. The summed E-state index contributed by atoms with van der Waals surface area (Å²) in [6.07, 6.45) is 3.21. The lowest BCUT2D eigenvalue weighted by atomic mass is 10.1. The molecule has 2 rings (SSSR count). The molecule has 1 unspecified atom stereocenters. The van der Waals surface area contributed by atoms with Gasteiger partial charge in [-0.25, -0.2) is 4.98 Å². The van der Waals surface area contributed by atoms with Crippen LogP contribution in [0.25, 0.3) is 0 Å². The zero-order chi connectivity index (χ0) is 9.26. The summed E-state index contributed by atoms with van der Waals surface area (Å²) in [7, 11) is 0. The molecule has 3 nitrogen and oxygen atoms in total. The van der Waals surface area contributed by atoms with Crippen LogP contribution in [0.15, 0.2) is 12.3 Å². The Morgan fingerprint density at radius 2 is 2.46 bits per heavy atom. The third kappa shape index (κ3) is 1.62. The lowest BCUT2D eigenvalue weighted by Gasteiger charge is -2.11. The van der Waals surface area contributed by atoms with Gasteiger partial charge in [-0.1, -0.05) is 0 Å². The van der Waals surface area contributed by atoms with Gasteiger partial charge in [0.05, 0.1) is 18.0 Å². The highest BCUT2D eigenvalue weighted by Crippen LogP contribution is 2.31. The molecule has 4 heteroatoms. The topological polar surface area (TPSA) is 48.1 Å². The Hall–Kier alpha value is -1.16. The highest BCUT2D eigenvalue weighted by atomic mass is 19.1. The summed E-state index contributed by atoms with van der Waals surface area (Å²) >= 11 is 0. The second-order valence-corrected chi connectivity index (χ2v) is 3.14. The van der Waals surface area contributed by atoms with E-state index < -0.39 is 5.95 Å². The Morgan fingerprint density at radius 3 is 3.15 bits per heavy atom. The Balaban J connectivity index is 2.32. The van der Waals surface area contributed by atoms with E-state index >= 15 is 0 Å². The van der Waals surface area contributed by atoms with E-state index in [1.54, 1.807) is 0 Å². The molecule has 0 aromatic carbocycles. The first-order valence-electron chi connectivity index (χ1n) is 4.30. The number of nitrogens with two attached hydrogens (primary N) is 1. The molecular formula is C9H11FN2O. The number of pyridine rings is 1. The molecule has 70 valence electrons. The molecule has 2 N–H and O–H groups in total. The Labute approximate surface area is 75.7 Å². The third-order valence-corrected chi connectivity index (χ3v) is 2.21. The van der Waals surface area contributed by atoms with Gasteiger partial charge in [-0.2, -0.15) is 4.39 Å². The largest absolute Gasteiger partial charge is 0.397 e. The predicted molar refractivity (Wildman–Crippen MR) is 46.5 cm³/mol. The summed E-state index contributed by atoms with van der Waals surface area (Å²) in [4.78, 5) is 3.46. The zero-order valence-electron chi connectivity index (χ0n) is 7.16. The third-order valence-electron chi connectivity index (χ3n) is 2.21. The highest BCUT2D eigenvalue weighted by molar-refractivity contribution is 5.45. The Kier molecular flexibility index (Phi) is 2.14. The summed E-state index contributed by atoms with van der Waals surface area (Å²) in [5.74, 6) is -0.500. The fourth-order valence-electron chi connectivity index (χ4n) is 1.56. The molecule has 0 spiro atoms. The van der Waals surface area contributed by atoms with Crippen LogP contribution < -0.4 is 5.73 Å². The van der Waals surface area contributed by atoms with Gasteiger partial charge in [0.2, 0.25) is 5.95 Å². The van der Waals surface area contributed by atoms with E-state index in [1.807, 2.05) is 0 Å². The van der Waals surface area contributed by atoms with Gasteiger partial charge in [0.15, 0.2) is 0 Å². The first kappa shape index (κ1) is 8.44. The van der Waals surface area contributed by atoms with Gasteiger partial charge in [-0.3, -0.25) is 0 Å². The van der Waals surface area contributed by atoms with Crippen molar-refractivity contribution >= 4 is 5.69 Å². The van der Waals surface area contributed by atoms with Crippen LogP contribution >= 0.6 is 0 Å². The molecule has 1 aromatic heterocycles. The van der Waals surface area contributed by atoms with Crippen molar-refractivity contribution in [3.8, 4) is 0 Å². The minimum absolute atomic E-state index is 0.0440. The van der Waals surface area contributed by atoms with Gasteiger partial charge in [-0.05, 0) is 12.8 Å². The number of nitrogen functional groups attached to an aromatic ring is 1. The van der Waals surface area contributed by atoms with Crippen molar-refractivity contribution in [1.82, 2.24) is 4.98 Å². The number of rotatable bonds is 1. The van der Waals surface area contributed by atoms with E-state index in [2.05, 4.69) is 4.98 Å². The average molecular weight is 182 g/mol. The molecule has 2 heterocycles. The fraction of sp³-hybridized carbons (Fsp3) is 0.444. The molecule has 1 fully saturated rings. The summed E-state index contributed by atoms with van der Waals surface area (Å²) in [5.41, 5.74) is 6.89. The lowest BCUT2D eigenvalue weighted by Crippen LogP contribution is -2.03. The standard InChI is InChI=1S/C9H11FN2O/c10-9-4-6(7(11)5-12-9)8-2-1-3-13-8/h4-5,8H,1-3,11H2. The molecule has 1 saturated heterocycles. The van der Waals surface area contributed by atoms with Gasteiger partial charge in [-0.15, -0.1) is 0 Å². The van der Waals surface area contributed by atoms with Crippen LogP contribution in [0.4, 0.5) is 10.1 Å². The Morgan fingerprint density at radius 1 is 1.62 bits per heavy atom. The second kappa shape index (κ2) is 3.30. The van der Waals surface area contributed by atoms with Crippen molar-refractivity contribution in [2.24, 2.45) is 0 Å². The molecular weight excluding hydrogens is 171 g/mol. The maximum Gasteiger partial charge on any atom is 0.213 e. The number of halogens is 1. The molecule has 0 bridgehead atoms. The van der Waals surface area contributed by atoms with Gasteiger partial charge in [0.25, 0.3) is 0 Å². The van der Waals surface area contributed by atoms with Crippen LogP contribution in [0.1, 0.15) is 24.5 Å². The summed E-state index contributed by atoms with van der Waals surface area (Å²) in [6.45, 7) is 0.730. The first-order chi connectivity index (χ1) is 6.27. The molecule has 0 radical (unpaired) electrons.